The van der Waals surface area contributed by atoms with Crippen molar-refractivity contribution in [2.24, 2.45) is 0 Å². The molecule has 0 saturated carbocycles. The van der Waals surface area contributed by atoms with Gasteiger partial charge in [-0.15, -0.1) is 11.3 Å². The number of rotatable bonds is 5. The number of hydrogen-bond acceptors (Lipinski definition) is 3. The molecule has 0 saturated heterocycles. The molecule has 0 aliphatic rings. The van der Waals surface area contributed by atoms with E-state index in [-0.39, 0.29) is 5.91 Å². The monoisotopic (exact) mass is 405 g/mol. The predicted octanol–water partition coefficient (Wildman–Crippen LogP) is 6.50. The molecule has 3 aromatic rings. The number of amides is 1. The molecule has 134 valence electrons. The Kier molecular flexibility index (Phi) is 5.87. The van der Waals surface area contributed by atoms with Crippen molar-refractivity contribution < 1.29 is 9.53 Å². The van der Waals surface area contributed by atoms with Crippen molar-refractivity contribution in [3.8, 4) is 5.75 Å². The van der Waals surface area contributed by atoms with Crippen LogP contribution in [0.1, 0.15) is 26.4 Å². The van der Waals surface area contributed by atoms with Gasteiger partial charge in [-0.3, -0.25) is 4.79 Å². The van der Waals surface area contributed by atoms with Crippen molar-refractivity contribution in [2.45, 2.75) is 20.5 Å². The minimum Gasteiger partial charge on any atom is -0.489 e. The number of thiophene rings is 1. The predicted molar refractivity (Wildman–Crippen MR) is 109 cm³/mol. The lowest BCUT2D eigenvalue weighted by Gasteiger charge is -2.08. The Morgan fingerprint density at radius 2 is 1.88 bits per heavy atom. The first-order valence-electron chi connectivity index (χ1n) is 7.96. The Morgan fingerprint density at radius 3 is 2.65 bits per heavy atom. The highest BCUT2D eigenvalue weighted by Gasteiger charge is 2.11. The topological polar surface area (TPSA) is 38.3 Å². The van der Waals surface area contributed by atoms with Gasteiger partial charge in [-0.05, 0) is 66.8 Å². The first-order valence-corrected chi connectivity index (χ1v) is 9.60. The van der Waals surface area contributed by atoms with E-state index >= 15 is 0 Å². The largest absolute Gasteiger partial charge is 0.489 e. The number of anilines is 1. The molecule has 0 spiro atoms. The third kappa shape index (κ3) is 4.58. The van der Waals surface area contributed by atoms with Crippen molar-refractivity contribution in [2.75, 3.05) is 5.32 Å². The van der Waals surface area contributed by atoms with Gasteiger partial charge in [-0.25, -0.2) is 0 Å². The number of carbonyl (C=O) groups is 1. The number of aryl methyl sites for hydroxylation is 2. The van der Waals surface area contributed by atoms with Gasteiger partial charge >= 0.3 is 0 Å². The summed E-state index contributed by atoms with van der Waals surface area (Å²) in [6.07, 6.45) is 0. The van der Waals surface area contributed by atoms with Crippen LogP contribution in [0.4, 0.5) is 5.69 Å². The third-order valence-electron chi connectivity index (χ3n) is 3.86. The number of halogens is 2. The Labute approximate surface area is 166 Å². The molecule has 6 heteroatoms. The second-order valence-electron chi connectivity index (χ2n) is 5.93. The van der Waals surface area contributed by atoms with Crippen molar-refractivity contribution in [1.82, 2.24) is 0 Å². The van der Waals surface area contributed by atoms with Crippen LogP contribution in [0.3, 0.4) is 0 Å². The molecular weight excluding hydrogens is 389 g/mol. The zero-order valence-electron chi connectivity index (χ0n) is 14.3. The molecule has 3 nitrogen and oxygen atoms in total. The number of hydrogen-bond donors (Lipinski definition) is 1. The Morgan fingerprint density at radius 1 is 1.08 bits per heavy atom. The quantitative estimate of drug-likeness (QED) is 0.525. The number of carbonyl (C=O) groups excluding carboxylic acids is 1. The lowest BCUT2D eigenvalue weighted by molar-refractivity contribution is 0.103. The highest BCUT2D eigenvalue weighted by atomic mass is 35.5. The lowest BCUT2D eigenvalue weighted by atomic mass is 10.2. The molecule has 1 heterocycles. The van der Waals surface area contributed by atoms with E-state index in [4.69, 9.17) is 27.9 Å². The van der Waals surface area contributed by atoms with E-state index in [0.717, 1.165) is 22.4 Å². The number of ether oxygens (including phenoxy) is 1. The summed E-state index contributed by atoms with van der Waals surface area (Å²) in [4.78, 5) is 13.1. The van der Waals surface area contributed by atoms with Gasteiger partial charge in [0.1, 0.15) is 12.4 Å². The highest BCUT2D eigenvalue weighted by Crippen LogP contribution is 2.24. The van der Waals surface area contributed by atoms with Crippen LogP contribution in [0.5, 0.6) is 5.75 Å². The second kappa shape index (κ2) is 8.12. The molecule has 0 atom stereocenters. The average molecular weight is 406 g/mol. The molecule has 0 aliphatic heterocycles. The zero-order valence-corrected chi connectivity index (χ0v) is 16.6. The van der Waals surface area contributed by atoms with Crippen LogP contribution < -0.4 is 10.1 Å². The minimum absolute atomic E-state index is 0.158. The summed E-state index contributed by atoms with van der Waals surface area (Å²) in [7, 11) is 0. The Balaban J connectivity index is 1.64. The maximum atomic E-state index is 12.4. The van der Waals surface area contributed by atoms with Crippen LogP contribution in [0.15, 0.2) is 47.8 Å². The van der Waals surface area contributed by atoms with E-state index in [2.05, 4.69) is 5.32 Å². The van der Waals surface area contributed by atoms with E-state index in [9.17, 15) is 4.79 Å². The molecular formula is C20H17Cl2NO2S. The second-order valence-corrected chi connectivity index (χ2v) is 7.69. The number of nitrogens with one attached hydrogen (secondary N) is 1. The standard InChI is InChI=1S/C20H17Cl2NO2S/c1-12-3-4-15(21)9-18(12)23-20(24)19-8-14(11-26-19)10-25-16-5-6-17(22)13(2)7-16/h3-9,11H,10H2,1-2H3,(H,23,24). The minimum atomic E-state index is -0.158. The van der Waals surface area contributed by atoms with Gasteiger partial charge in [0.05, 0.1) is 4.88 Å². The van der Waals surface area contributed by atoms with Gasteiger partial charge in [0.2, 0.25) is 0 Å². The van der Waals surface area contributed by atoms with Gasteiger partial charge in [-0.1, -0.05) is 29.3 Å². The Hall–Kier alpha value is -2.01. The smallest absolute Gasteiger partial charge is 0.265 e. The molecule has 0 fully saturated rings. The molecule has 1 N–H and O–H groups in total. The molecule has 0 unspecified atom stereocenters. The molecule has 1 aromatic heterocycles. The van der Waals surface area contributed by atoms with Crippen LogP contribution in [-0.2, 0) is 6.61 Å². The van der Waals surface area contributed by atoms with Gasteiger partial charge < -0.3 is 10.1 Å². The summed E-state index contributed by atoms with van der Waals surface area (Å²) in [6.45, 7) is 4.24. The fourth-order valence-corrected chi connectivity index (χ4v) is 3.44. The number of benzene rings is 2. The molecule has 2 aromatic carbocycles. The highest BCUT2D eigenvalue weighted by molar-refractivity contribution is 7.12. The molecule has 1 amide bonds. The Bertz CT molecular complexity index is 953. The van der Waals surface area contributed by atoms with Crippen LogP contribution in [0.25, 0.3) is 0 Å². The van der Waals surface area contributed by atoms with E-state index in [1.54, 1.807) is 12.1 Å². The molecule has 0 radical (unpaired) electrons. The summed E-state index contributed by atoms with van der Waals surface area (Å²) < 4.78 is 5.77. The fraction of sp³-hybridized carbons (Fsp3) is 0.150. The van der Waals surface area contributed by atoms with Crippen LogP contribution in [0, 0.1) is 13.8 Å². The van der Waals surface area contributed by atoms with Crippen LogP contribution >= 0.6 is 34.5 Å². The molecule has 3 rings (SSSR count). The average Bonchev–Trinajstić information content (AvgIpc) is 3.08. The molecule has 0 bridgehead atoms. The van der Waals surface area contributed by atoms with E-state index in [1.165, 1.54) is 11.3 Å². The lowest BCUT2D eigenvalue weighted by Crippen LogP contribution is -2.11. The van der Waals surface area contributed by atoms with Gasteiger partial charge in [-0.2, -0.15) is 0 Å². The van der Waals surface area contributed by atoms with Crippen LogP contribution in [0.2, 0.25) is 10.0 Å². The van der Waals surface area contributed by atoms with Crippen molar-refractivity contribution in [3.05, 3.63) is 79.5 Å². The summed E-state index contributed by atoms with van der Waals surface area (Å²) in [5.74, 6) is 0.590. The molecule has 0 aliphatic carbocycles. The first-order chi connectivity index (χ1) is 12.4. The maximum Gasteiger partial charge on any atom is 0.265 e. The SMILES string of the molecule is Cc1cc(OCc2csc(C(=O)Nc3cc(Cl)ccc3C)c2)ccc1Cl. The van der Waals surface area contributed by atoms with E-state index < -0.39 is 0 Å². The van der Waals surface area contributed by atoms with Crippen LogP contribution in [-0.4, -0.2) is 5.91 Å². The summed E-state index contributed by atoms with van der Waals surface area (Å²) in [5, 5.41) is 6.12. The van der Waals surface area contributed by atoms with E-state index in [1.807, 2.05) is 49.6 Å². The van der Waals surface area contributed by atoms with E-state index in [0.29, 0.717) is 27.2 Å². The normalized spacial score (nSPS) is 10.6. The van der Waals surface area contributed by atoms with Gasteiger partial charge in [0, 0.05) is 21.3 Å². The molecule has 26 heavy (non-hydrogen) atoms. The fourth-order valence-electron chi connectivity index (χ4n) is 2.36. The van der Waals surface area contributed by atoms with Crippen molar-refractivity contribution >= 4 is 46.1 Å². The van der Waals surface area contributed by atoms with Crippen molar-refractivity contribution in [1.29, 1.82) is 0 Å². The third-order valence-corrected chi connectivity index (χ3v) is 5.50. The first kappa shape index (κ1) is 18.8. The van der Waals surface area contributed by atoms with Gasteiger partial charge in [0.25, 0.3) is 5.91 Å². The maximum absolute atomic E-state index is 12.4. The zero-order chi connectivity index (χ0) is 18.7. The summed E-state index contributed by atoms with van der Waals surface area (Å²) in [5.41, 5.74) is 3.58. The van der Waals surface area contributed by atoms with Gasteiger partial charge in [0.15, 0.2) is 0 Å². The summed E-state index contributed by atoms with van der Waals surface area (Å²) in [6, 6.07) is 12.8. The van der Waals surface area contributed by atoms with Crippen molar-refractivity contribution in [3.63, 3.8) is 0 Å². The summed E-state index contributed by atoms with van der Waals surface area (Å²) >= 11 is 13.4.